The molecule has 1 atom stereocenters. The summed E-state index contributed by atoms with van der Waals surface area (Å²) in [6.45, 7) is 2.10. The van der Waals surface area contributed by atoms with E-state index in [-0.39, 0.29) is 58.7 Å². The lowest BCUT2D eigenvalue weighted by Crippen LogP contribution is -2.31. The summed E-state index contributed by atoms with van der Waals surface area (Å²) < 4.78 is 71.6. The molecule has 3 aromatic carbocycles. The van der Waals surface area contributed by atoms with Crippen molar-refractivity contribution in [2.75, 3.05) is 6.61 Å². The van der Waals surface area contributed by atoms with Crippen LogP contribution in [-0.4, -0.2) is 43.3 Å². The van der Waals surface area contributed by atoms with Gasteiger partial charge < -0.3 is 19.1 Å². The molecule has 1 fully saturated rings. The maximum Gasteiger partial charge on any atom is 0.335 e. The number of carbonyl (C=O) groups is 1. The molecule has 8 nitrogen and oxygen atoms in total. The van der Waals surface area contributed by atoms with E-state index in [1.54, 1.807) is 10.6 Å². The summed E-state index contributed by atoms with van der Waals surface area (Å²) in [6.07, 6.45) is 1.93. The number of aryl methyl sites for hydroxylation is 1. The fourth-order valence-corrected chi connectivity index (χ4v) is 4.84. The number of fused-ring (bicyclic) bond motifs is 1. The molecule has 1 N–H and O–H groups in total. The van der Waals surface area contributed by atoms with Crippen LogP contribution in [0, 0.1) is 30.2 Å². The third-order valence-corrected chi connectivity index (χ3v) is 7.31. The number of aromatic nitrogens is 4. The van der Waals surface area contributed by atoms with E-state index < -0.39 is 29.2 Å². The number of benzene rings is 3. The SMILES string of the molecule is Cc1cc(F)c(COc2ccnc(-c3cc(F)c(Cc4nc5ccc(C(=O)O)cc5n4C[C@@H]4CCO4)cc3F)n2)cc1F. The minimum absolute atomic E-state index is 0.0232. The van der Waals surface area contributed by atoms with Crippen LogP contribution in [0.25, 0.3) is 22.4 Å². The molecule has 1 aliphatic heterocycles. The standard InChI is InChI=1S/C31H24F4N4O4/c1-16-8-23(33)19(10-22(16)32)15-43-29-4-6-36-30(38-29)21-13-24(34)18(9-25(21)35)12-28-37-26-3-2-17(31(40)41)11-27(26)39(28)14-20-5-7-42-20/h2-4,6,8-11,13,20H,5,7,12,14-15H2,1H3,(H,40,41)/t20-/m0/s1. The highest BCUT2D eigenvalue weighted by atomic mass is 19.1. The van der Waals surface area contributed by atoms with Crippen molar-refractivity contribution in [3.8, 4) is 17.3 Å². The highest BCUT2D eigenvalue weighted by Crippen LogP contribution is 2.28. The Bertz CT molecular complexity index is 1870. The summed E-state index contributed by atoms with van der Waals surface area (Å²) in [5.41, 5.74) is 1.09. The summed E-state index contributed by atoms with van der Waals surface area (Å²) >= 11 is 0. The Labute approximate surface area is 242 Å². The van der Waals surface area contributed by atoms with Crippen molar-refractivity contribution in [3.63, 3.8) is 0 Å². The van der Waals surface area contributed by atoms with Crippen LogP contribution in [0.1, 0.15) is 39.3 Å². The number of imidazole rings is 1. The molecule has 12 heteroatoms. The second-order valence-corrected chi connectivity index (χ2v) is 10.2. The maximum atomic E-state index is 15.4. The molecule has 220 valence electrons. The molecule has 3 heterocycles. The van der Waals surface area contributed by atoms with Crippen LogP contribution < -0.4 is 4.74 Å². The number of halogens is 4. The first-order valence-corrected chi connectivity index (χ1v) is 13.4. The van der Waals surface area contributed by atoms with E-state index in [0.29, 0.717) is 30.0 Å². The molecule has 0 amide bonds. The van der Waals surface area contributed by atoms with E-state index >= 15 is 8.78 Å². The topological polar surface area (TPSA) is 99.4 Å². The number of carboxylic acid groups (broad SMARTS) is 1. The molecule has 0 bridgehead atoms. The van der Waals surface area contributed by atoms with Gasteiger partial charge in [-0.15, -0.1) is 0 Å². The predicted molar refractivity (Wildman–Crippen MR) is 147 cm³/mol. The van der Waals surface area contributed by atoms with Crippen molar-refractivity contribution in [2.24, 2.45) is 0 Å². The van der Waals surface area contributed by atoms with Gasteiger partial charge in [0, 0.05) is 30.9 Å². The van der Waals surface area contributed by atoms with Crippen LogP contribution in [0.2, 0.25) is 0 Å². The Kier molecular flexibility index (Phi) is 7.53. The smallest absolute Gasteiger partial charge is 0.335 e. The fraction of sp³-hybridized carbons (Fsp3) is 0.226. The number of rotatable bonds is 9. The maximum absolute atomic E-state index is 15.4. The van der Waals surface area contributed by atoms with Crippen molar-refractivity contribution in [2.45, 2.75) is 39.0 Å². The van der Waals surface area contributed by atoms with Crippen LogP contribution in [0.5, 0.6) is 5.88 Å². The van der Waals surface area contributed by atoms with Gasteiger partial charge in [0.05, 0.1) is 34.8 Å². The minimum atomic E-state index is -1.09. The zero-order valence-corrected chi connectivity index (χ0v) is 22.8. The van der Waals surface area contributed by atoms with Crippen molar-refractivity contribution in [1.29, 1.82) is 0 Å². The second kappa shape index (κ2) is 11.4. The van der Waals surface area contributed by atoms with Gasteiger partial charge in [-0.3, -0.25) is 0 Å². The van der Waals surface area contributed by atoms with Crippen LogP contribution in [0.15, 0.2) is 54.7 Å². The molecule has 43 heavy (non-hydrogen) atoms. The zero-order valence-electron chi connectivity index (χ0n) is 22.8. The Morgan fingerprint density at radius 1 is 1.00 bits per heavy atom. The van der Waals surface area contributed by atoms with E-state index in [1.807, 2.05) is 0 Å². The summed E-state index contributed by atoms with van der Waals surface area (Å²) in [5.74, 6) is -3.62. The number of hydrogen-bond acceptors (Lipinski definition) is 6. The Morgan fingerprint density at radius 3 is 2.51 bits per heavy atom. The molecule has 5 aromatic rings. The van der Waals surface area contributed by atoms with E-state index in [9.17, 15) is 18.7 Å². The summed E-state index contributed by atoms with van der Waals surface area (Å²) in [6, 6.07) is 9.98. The van der Waals surface area contributed by atoms with Gasteiger partial charge in [0.2, 0.25) is 5.88 Å². The number of ether oxygens (including phenoxy) is 2. The Balaban J connectivity index is 1.27. The molecule has 0 aliphatic carbocycles. The quantitative estimate of drug-likeness (QED) is 0.209. The van der Waals surface area contributed by atoms with Gasteiger partial charge in [0.15, 0.2) is 5.82 Å². The first-order chi connectivity index (χ1) is 20.7. The van der Waals surface area contributed by atoms with Crippen LogP contribution in [0.3, 0.4) is 0 Å². The third kappa shape index (κ3) is 5.78. The number of carboxylic acids is 1. The average molecular weight is 593 g/mol. The van der Waals surface area contributed by atoms with E-state index in [1.165, 1.54) is 31.3 Å². The molecule has 2 aromatic heterocycles. The van der Waals surface area contributed by atoms with Gasteiger partial charge >= 0.3 is 5.97 Å². The normalized spacial score (nSPS) is 14.6. The van der Waals surface area contributed by atoms with E-state index in [2.05, 4.69) is 15.0 Å². The largest absolute Gasteiger partial charge is 0.478 e. The van der Waals surface area contributed by atoms with Gasteiger partial charge in [-0.25, -0.2) is 32.3 Å². The lowest BCUT2D eigenvalue weighted by Gasteiger charge is -2.27. The number of nitrogens with zero attached hydrogens (tertiary/aromatic N) is 4. The zero-order chi connectivity index (χ0) is 30.2. The van der Waals surface area contributed by atoms with E-state index in [0.717, 1.165) is 30.7 Å². The Morgan fingerprint density at radius 2 is 1.77 bits per heavy atom. The van der Waals surface area contributed by atoms with Gasteiger partial charge in [-0.1, -0.05) is 0 Å². The first kappa shape index (κ1) is 28.3. The molecule has 6 rings (SSSR count). The molecule has 0 saturated carbocycles. The van der Waals surface area contributed by atoms with Crippen LogP contribution in [0.4, 0.5) is 17.6 Å². The van der Waals surface area contributed by atoms with Crippen molar-refractivity contribution >= 4 is 17.0 Å². The number of hydrogen-bond donors (Lipinski definition) is 1. The lowest BCUT2D eigenvalue weighted by atomic mass is 10.1. The van der Waals surface area contributed by atoms with Crippen LogP contribution in [-0.2, 0) is 24.3 Å². The molecular weight excluding hydrogens is 568 g/mol. The minimum Gasteiger partial charge on any atom is -0.478 e. The third-order valence-electron chi connectivity index (χ3n) is 7.31. The first-order valence-electron chi connectivity index (χ1n) is 13.4. The molecular formula is C31H24F4N4O4. The highest BCUT2D eigenvalue weighted by Gasteiger charge is 2.24. The molecule has 0 unspecified atom stereocenters. The molecule has 0 spiro atoms. The van der Waals surface area contributed by atoms with Gasteiger partial charge in [-0.2, -0.15) is 4.98 Å². The Hall–Kier alpha value is -4.84. The highest BCUT2D eigenvalue weighted by molar-refractivity contribution is 5.92. The fourth-order valence-electron chi connectivity index (χ4n) is 4.84. The molecule has 1 aliphatic rings. The lowest BCUT2D eigenvalue weighted by molar-refractivity contribution is -0.0589. The van der Waals surface area contributed by atoms with Crippen LogP contribution >= 0.6 is 0 Å². The van der Waals surface area contributed by atoms with E-state index in [4.69, 9.17) is 9.47 Å². The summed E-state index contributed by atoms with van der Waals surface area (Å²) in [5, 5.41) is 9.44. The molecule has 1 saturated heterocycles. The molecule has 0 radical (unpaired) electrons. The summed E-state index contributed by atoms with van der Waals surface area (Å²) in [7, 11) is 0. The number of aromatic carboxylic acids is 1. The van der Waals surface area contributed by atoms with Gasteiger partial charge in [-0.05, 0) is 66.9 Å². The second-order valence-electron chi connectivity index (χ2n) is 10.2. The monoisotopic (exact) mass is 592 g/mol. The average Bonchev–Trinajstić information content (AvgIpc) is 3.29. The van der Waals surface area contributed by atoms with Crippen molar-refractivity contribution in [3.05, 3.63) is 106 Å². The van der Waals surface area contributed by atoms with Gasteiger partial charge in [0.25, 0.3) is 0 Å². The predicted octanol–water partition coefficient (Wildman–Crippen LogP) is 6.02. The van der Waals surface area contributed by atoms with Crippen molar-refractivity contribution in [1.82, 2.24) is 19.5 Å². The van der Waals surface area contributed by atoms with Crippen molar-refractivity contribution < 1.29 is 36.9 Å². The van der Waals surface area contributed by atoms with Gasteiger partial charge in [0.1, 0.15) is 35.7 Å². The summed E-state index contributed by atoms with van der Waals surface area (Å²) in [4.78, 5) is 24.3.